The predicted octanol–water partition coefficient (Wildman–Crippen LogP) is 6.00. The van der Waals surface area contributed by atoms with Crippen molar-refractivity contribution in [3.8, 4) is 11.5 Å². The molecule has 0 radical (unpaired) electrons. The fourth-order valence-corrected chi connectivity index (χ4v) is 4.68. The van der Waals surface area contributed by atoms with Crippen LogP contribution in [-0.2, 0) is 20.9 Å². The average Bonchev–Trinajstić information content (AvgIpc) is 3.09. The Morgan fingerprint density at radius 1 is 1.20 bits per heavy atom. The van der Waals surface area contributed by atoms with Crippen molar-refractivity contribution in [2.75, 3.05) is 19.8 Å². The summed E-state index contributed by atoms with van der Waals surface area (Å²) in [6.07, 6.45) is 2.51. The van der Waals surface area contributed by atoms with E-state index in [-0.39, 0.29) is 42.0 Å². The van der Waals surface area contributed by atoms with Gasteiger partial charge in [-0.25, -0.2) is 4.39 Å². The van der Waals surface area contributed by atoms with Crippen molar-refractivity contribution in [3.05, 3.63) is 63.3 Å². The molecule has 0 spiro atoms. The van der Waals surface area contributed by atoms with E-state index in [1.165, 1.54) is 28.8 Å². The smallest absolute Gasteiger partial charge is 0.307 e. The van der Waals surface area contributed by atoms with Crippen LogP contribution in [0.3, 0.4) is 0 Å². The van der Waals surface area contributed by atoms with Gasteiger partial charge >= 0.3 is 5.97 Å². The topological polar surface area (TPSA) is 65.1 Å². The van der Waals surface area contributed by atoms with Gasteiger partial charge in [0.25, 0.3) is 5.91 Å². The van der Waals surface area contributed by atoms with Crippen LogP contribution in [0.1, 0.15) is 37.8 Å². The van der Waals surface area contributed by atoms with Gasteiger partial charge in [0.15, 0.2) is 11.5 Å². The maximum atomic E-state index is 14.1. The molecule has 2 aromatic rings. The number of rotatable bonds is 11. The normalized spacial score (nSPS) is 14.5. The Kier molecular flexibility index (Phi) is 9.94. The molecule has 1 saturated heterocycles. The molecule has 1 aliphatic rings. The highest BCUT2D eigenvalue weighted by Crippen LogP contribution is 2.35. The molecule has 6 nitrogen and oxygen atoms in total. The third-order valence-electron chi connectivity index (χ3n) is 4.88. The van der Waals surface area contributed by atoms with Crippen LogP contribution in [0.15, 0.2) is 41.3 Å². The molecule has 0 atom stereocenters. The SMILES string of the molecule is CCCOC(=O)CCN1C(=O)/C(=C\c2ccc(OCc3c(F)cccc3Cl)c(OCC)c2)SC1=S. The molecule has 35 heavy (non-hydrogen) atoms. The largest absolute Gasteiger partial charge is 0.490 e. The lowest BCUT2D eigenvalue weighted by Crippen LogP contribution is -2.30. The van der Waals surface area contributed by atoms with E-state index in [2.05, 4.69) is 0 Å². The van der Waals surface area contributed by atoms with Crippen molar-refractivity contribution in [3.63, 3.8) is 0 Å². The minimum absolute atomic E-state index is 0.0652. The first-order valence-electron chi connectivity index (χ1n) is 11.1. The van der Waals surface area contributed by atoms with Crippen molar-refractivity contribution in [2.24, 2.45) is 0 Å². The van der Waals surface area contributed by atoms with E-state index in [4.69, 9.17) is 38.0 Å². The summed E-state index contributed by atoms with van der Waals surface area (Å²) in [4.78, 5) is 26.5. The zero-order valence-corrected chi connectivity index (χ0v) is 21.7. The molecule has 0 N–H and O–H groups in total. The van der Waals surface area contributed by atoms with Crippen molar-refractivity contribution in [1.82, 2.24) is 4.90 Å². The molecule has 1 amide bonds. The second-order valence-electron chi connectivity index (χ2n) is 7.43. The van der Waals surface area contributed by atoms with Crippen LogP contribution in [0, 0.1) is 5.82 Å². The zero-order chi connectivity index (χ0) is 25.4. The molecule has 1 aliphatic heterocycles. The van der Waals surface area contributed by atoms with Gasteiger partial charge in [0, 0.05) is 12.1 Å². The van der Waals surface area contributed by atoms with Crippen molar-refractivity contribution < 1.29 is 28.2 Å². The van der Waals surface area contributed by atoms with Crippen LogP contribution < -0.4 is 9.47 Å². The highest BCUT2D eigenvalue weighted by molar-refractivity contribution is 8.26. The Bertz CT molecular complexity index is 1120. The maximum absolute atomic E-state index is 14.1. The number of esters is 1. The van der Waals surface area contributed by atoms with Gasteiger partial charge in [-0.05, 0) is 49.2 Å². The summed E-state index contributed by atoms with van der Waals surface area (Å²) < 4.78 is 31.0. The standard InChI is InChI=1S/C25H25ClFNO5S2/c1-3-12-32-23(29)10-11-28-24(30)22(35-25(28)34)14-16-8-9-20(21(13-16)31-4-2)33-15-17-18(26)6-5-7-19(17)27/h5-9,13-14H,3-4,10-12,15H2,1-2H3/b22-14+. The average molecular weight is 538 g/mol. The Labute approximate surface area is 218 Å². The van der Waals surface area contributed by atoms with E-state index in [1.54, 1.807) is 30.3 Å². The van der Waals surface area contributed by atoms with Crippen LogP contribution >= 0.6 is 35.6 Å². The van der Waals surface area contributed by atoms with Crippen LogP contribution in [-0.4, -0.2) is 40.9 Å². The lowest BCUT2D eigenvalue weighted by Gasteiger charge is -2.14. The van der Waals surface area contributed by atoms with Gasteiger partial charge in [0.1, 0.15) is 16.7 Å². The number of thioether (sulfide) groups is 1. The monoisotopic (exact) mass is 537 g/mol. The summed E-state index contributed by atoms with van der Waals surface area (Å²) in [5.41, 5.74) is 0.954. The lowest BCUT2D eigenvalue weighted by molar-refractivity contribution is -0.143. The van der Waals surface area contributed by atoms with Crippen molar-refractivity contribution >= 4 is 57.9 Å². The van der Waals surface area contributed by atoms with Gasteiger partial charge in [-0.1, -0.05) is 54.6 Å². The van der Waals surface area contributed by atoms with Crippen molar-refractivity contribution in [1.29, 1.82) is 0 Å². The summed E-state index contributed by atoms with van der Waals surface area (Å²) in [6.45, 7) is 4.59. The minimum atomic E-state index is -0.451. The number of amides is 1. The first-order chi connectivity index (χ1) is 16.8. The zero-order valence-electron chi connectivity index (χ0n) is 19.3. The van der Waals surface area contributed by atoms with Gasteiger partial charge in [-0.2, -0.15) is 0 Å². The summed E-state index contributed by atoms with van der Waals surface area (Å²) in [7, 11) is 0. The number of hydrogen-bond acceptors (Lipinski definition) is 7. The summed E-state index contributed by atoms with van der Waals surface area (Å²) >= 11 is 12.6. The van der Waals surface area contributed by atoms with Crippen LogP contribution in [0.25, 0.3) is 6.08 Å². The van der Waals surface area contributed by atoms with E-state index in [0.29, 0.717) is 39.5 Å². The van der Waals surface area contributed by atoms with Gasteiger partial charge in [0.05, 0.1) is 29.6 Å². The van der Waals surface area contributed by atoms with E-state index in [9.17, 15) is 14.0 Å². The third kappa shape index (κ3) is 7.19. The van der Waals surface area contributed by atoms with Gasteiger partial charge in [-0.3, -0.25) is 14.5 Å². The van der Waals surface area contributed by atoms with Crippen LogP contribution in [0.2, 0.25) is 5.02 Å². The molecule has 1 heterocycles. The summed E-state index contributed by atoms with van der Waals surface area (Å²) in [6, 6.07) is 9.63. The number of thiocarbonyl (C=S) groups is 1. The maximum Gasteiger partial charge on any atom is 0.307 e. The molecule has 0 bridgehead atoms. The fourth-order valence-electron chi connectivity index (χ4n) is 3.16. The van der Waals surface area contributed by atoms with Crippen LogP contribution in [0.4, 0.5) is 4.39 Å². The van der Waals surface area contributed by atoms with E-state index in [0.717, 1.165) is 6.42 Å². The minimum Gasteiger partial charge on any atom is -0.490 e. The molecule has 0 saturated carbocycles. The van der Waals surface area contributed by atoms with Gasteiger partial charge in [0.2, 0.25) is 0 Å². The number of carbonyl (C=O) groups is 2. The Balaban J connectivity index is 1.72. The Morgan fingerprint density at radius 3 is 2.71 bits per heavy atom. The molecule has 1 fully saturated rings. The van der Waals surface area contributed by atoms with Crippen LogP contribution in [0.5, 0.6) is 11.5 Å². The van der Waals surface area contributed by atoms with Gasteiger partial charge in [-0.15, -0.1) is 0 Å². The first-order valence-corrected chi connectivity index (χ1v) is 12.7. The number of halogens is 2. The number of ether oxygens (including phenoxy) is 3. The molecule has 3 rings (SSSR count). The quantitative estimate of drug-likeness (QED) is 0.198. The molecule has 0 unspecified atom stereocenters. The first kappa shape index (κ1) is 27.0. The second kappa shape index (κ2) is 12.9. The molecular formula is C25H25ClFNO5S2. The van der Waals surface area contributed by atoms with E-state index in [1.807, 2.05) is 13.8 Å². The molecule has 10 heteroatoms. The van der Waals surface area contributed by atoms with Crippen molar-refractivity contribution in [2.45, 2.75) is 33.3 Å². The second-order valence-corrected chi connectivity index (χ2v) is 9.51. The highest BCUT2D eigenvalue weighted by Gasteiger charge is 2.32. The van der Waals surface area contributed by atoms with E-state index < -0.39 is 5.82 Å². The molecule has 2 aromatic carbocycles. The third-order valence-corrected chi connectivity index (χ3v) is 6.61. The Hall–Kier alpha value is -2.62. The van der Waals surface area contributed by atoms with Gasteiger partial charge < -0.3 is 14.2 Å². The highest BCUT2D eigenvalue weighted by atomic mass is 35.5. The Morgan fingerprint density at radius 2 is 2.00 bits per heavy atom. The molecular weight excluding hydrogens is 513 g/mol. The fraction of sp³-hybridized carbons (Fsp3) is 0.320. The molecule has 0 aromatic heterocycles. The molecule has 186 valence electrons. The number of carbonyl (C=O) groups excluding carboxylic acids is 2. The number of benzene rings is 2. The number of nitrogens with zero attached hydrogens (tertiary/aromatic N) is 1. The molecule has 0 aliphatic carbocycles. The lowest BCUT2D eigenvalue weighted by atomic mass is 10.1. The number of hydrogen-bond donors (Lipinski definition) is 0. The van der Waals surface area contributed by atoms with E-state index >= 15 is 0 Å². The summed E-state index contributed by atoms with van der Waals surface area (Å²) in [5.74, 6) is -0.216. The predicted molar refractivity (Wildman–Crippen MR) is 139 cm³/mol. The summed E-state index contributed by atoms with van der Waals surface area (Å²) in [5, 5.41) is 0.278.